The molecule has 5 heteroatoms. The summed E-state index contributed by atoms with van der Waals surface area (Å²) in [4.78, 5) is 20.6. The molecule has 88 valence electrons. The number of rotatable bonds is 7. The highest BCUT2D eigenvalue weighted by Gasteiger charge is 2.13. The molecule has 0 aromatic rings. The number of carbonyl (C=O) groups is 1. The van der Waals surface area contributed by atoms with Crippen molar-refractivity contribution < 1.29 is 19.3 Å². The molecule has 0 saturated carbocycles. The molecule has 0 heterocycles. The molecule has 0 fully saturated rings. The summed E-state index contributed by atoms with van der Waals surface area (Å²) in [6, 6.07) is 0. The normalized spacial score (nSPS) is 11.2. The van der Waals surface area contributed by atoms with Crippen LogP contribution in [-0.2, 0) is 19.3 Å². The van der Waals surface area contributed by atoms with Gasteiger partial charge in [0.25, 0.3) is 0 Å². The second-order valence-corrected chi connectivity index (χ2v) is 5.87. The summed E-state index contributed by atoms with van der Waals surface area (Å²) in [6.07, 6.45) is 0. The van der Waals surface area contributed by atoms with Crippen molar-refractivity contribution in [2.45, 2.75) is 25.1 Å². The lowest BCUT2D eigenvalue weighted by atomic mass is 10.2. The lowest BCUT2D eigenvalue weighted by molar-refractivity contribution is -0.300. The minimum absolute atomic E-state index is 0.124. The Morgan fingerprint density at radius 2 is 1.93 bits per heavy atom. The van der Waals surface area contributed by atoms with Crippen LogP contribution in [0.2, 0.25) is 0 Å². The van der Waals surface area contributed by atoms with E-state index in [1.54, 1.807) is 6.92 Å². The number of hydrogen-bond acceptors (Lipinski definition) is 4. The van der Waals surface area contributed by atoms with Gasteiger partial charge in [-0.05, 0) is 20.8 Å². The van der Waals surface area contributed by atoms with E-state index in [-0.39, 0.29) is 17.5 Å². The minimum Gasteiger partial charge on any atom is -0.460 e. The SMILES string of the molecule is C=C(C)C(=O)OCCOOCC(C)(C)Br. The van der Waals surface area contributed by atoms with Crippen LogP contribution in [0.5, 0.6) is 0 Å². The van der Waals surface area contributed by atoms with Gasteiger partial charge in [0.05, 0.1) is 6.61 Å². The van der Waals surface area contributed by atoms with E-state index in [0.29, 0.717) is 12.2 Å². The molecule has 0 aromatic carbocycles. The van der Waals surface area contributed by atoms with Gasteiger partial charge in [0.1, 0.15) is 13.2 Å². The molecular weight excluding hydrogens is 264 g/mol. The Morgan fingerprint density at radius 1 is 1.33 bits per heavy atom. The Hall–Kier alpha value is -0.390. The zero-order valence-corrected chi connectivity index (χ0v) is 10.9. The monoisotopic (exact) mass is 280 g/mol. The predicted octanol–water partition coefficient (Wildman–Crippen LogP) is 2.23. The van der Waals surface area contributed by atoms with Crippen molar-refractivity contribution >= 4 is 21.9 Å². The zero-order valence-electron chi connectivity index (χ0n) is 9.34. The van der Waals surface area contributed by atoms with Crippen LogP contribution in [0, 0.1) is 0 Å². The van der Waals surface area contributed by atoms with Crippen molar-refractivity contribution in [1.29, 1.82) is 0 Å². The Labute approximate surface area is 98.6 Å². The van der Waals surface area contributed by atoms with Crippen molar-refractivity contribution in [1.82, 2.24) is 0 Å². The average Bonchev–Trinajstić information content (AvgIpc) is 2.08. The van der Waals surface area contributed by atoms with Gasteiger partial charge in [0.15, 0.2) is 0 Å². The van der Waals surface area contributed by atoms with Gasteiger partial charge in [-0.15, -0.1) is 0 Å². The second-order valence-electron chi connectivity index (χ2n) is 3.72. The fourth-order valence-electron chi connectivity index (χ4n) is 0.532. The van der Waals surface area contributed by atoms with E-state index in [0.717, 1.165) is 0 Å². The lowest BCUT2D eigenvalue weighted by Gasteiger charge is -2.14. The third-order valence-corrected chi connectivity index (χ3v) is 1.46. The molecule has 0 unspecified atom stereocenters. The van der Waals surface area contributed by atoms with Gasteiger partial charge in [0.2, 0.25) is 0 Å². The lowest BCUT2D eigenvalue weighted by Crippen LogP contribution is -2.19. The van der Waals surface area contributed by atoms with E-state index in [4.69, 9.17) is 14.5 Å². The van der Waals surface area contributed by atoms with Crippen LogP contribution >= 0.6 is 15.9 Å². The van der Waals surface area contributed by atoms with E-state index in [9.17, 15) is 4.79 Å². The zero-order chi connectivity index (χ0) is 11.9. The van der Waals surface area contributed by atoms with Crippen LogP contribution in [0.3, 0.4) is 0 Å². The number of carbonyl (C=O) groups excluding carboxylic acids is 1. The highest BCUT2D eigenvalue weighted by molar-refractivity contribution is 9.10. The molecule has 0 N–H and O–H groups in total. The smallest absolute Gasteiger partial charge is 0.333 e. The van der Waals surface area contributed by atoms with Gasteiger partial charge < -0.3 is 4.74 Å². The third-order valence-electron chi connectivity index (χ3n) is 1.23. The number of alkyl halides is 1. The van der Waals surface area contributed by atoms with E-state index in [2.05, 4.69) is 22.5 Å². The average molecular weight is 281 g/mol. The van der Waals surface area contributed by atoms with Gasteiger partial charge >= 0.3 is 5.97 Å². The largest absolute Gasteiger partial charge is 0.460 e. The van der Waals surface area contributed by atoms with Crippen molar-refractivity contribution in [3.63, 3.8) is 0 Å². The van der Waals surface area contributed by atoms with E-state index < -0.39 is 5.97 Å². The van der Waals surface area contributed by atoms with Gasteiger partial charge in [-0.1, -0.05) is 22.5 Å². The Morgan fingerprint density at radius 3 is 2.40 bits per heavy atom. The van der Waals surface area contributed by atoms with Gasteiger partial charge in [-0.3, -0.25) is 0 Å². The molecule has 0 aliphatic heterocycles. The Bertz CT molecular complexity index is 220. The van der Waals surface area contributed by atoms with Crippen molar-refractivity contribution in [2.75, 3.05) is 19.8 Å². The van der Waals surface area contributed by atoms with Gasteiger partial charge in [-0.25, -0.2) is 14.6 Å². The van der Waals surface area contributed by atoms with Crippen molar-refractivity contribution in [3.05, 3.63) is 12.2 Å². The summed E-state index contributed by atoms with van der Waals surface area (Å²) >= 11 is 3.39. The standard InChI is InChI=1S/C10H17BrO4/c1-8(2)9(12)13-5-6-14-15-7-10(3,4)11/h1,5-7H2,2-4H3. The molecule has 0 atom stereocenters. The van der Waals surface area contributed by atoms with Crippen molar-refractivity contribution in [2.24, 2.45) is 0 Å². The summed E-state index contributed by atoms with van der Waals surface area (Å²) in [5, 5.41) is 0. The topological polar surface area (TPSA) is 44.8 Å². The molecule has 0 radical (unpaired) electrons. The van der Waals surface area contributed by atoms with E-state index in [1.165, 1.54) is 0 Å². The maximum Gasteiger partial charge on any atom is 0.333 e. The first-order valence-electron chi connectivity index (χ1n) is 4.59. The highest BCUT2D eigenvalue weighted by atomic mass is 79.9. The summed E-state index contributed by atoms with van der Waals surface area (Å²) in [6.45, 7) is 9.74. The first-order valence-corrected chi connectivity index (χ1v) is 5.38. The van der Waals surface area contributed by atoms with Crippen LogP contribution in [0.25, 0.3) is 0 Å². The summed E-state index contributed by atoms with van der Waals surface area (Å²) in [7, 11) is 0. The molecule has 4 nitrogen and oxygen atoms in total. The van der Waals surface area contributed by atoms with Gasteiger partial charge in [0, 0.05) is 9.90 Å². The third kappa shape index (κ3) is 9.90. The molecule has 0 rings (SSSR count). The number of ether oxygens (including phenoxy) is 1. The fraction of sp³-hybridized carbons (Fsp3) is 0.700. The Kier molecular flexibility index (Phi) is 6.80. The number of esters is 1. The van der Waals surface area contributed by atoms with Crippen LogP contribution in [-0.4, -0.2) is 30.1 Å². The fourth-order valence-corrected chi connectivity index (χ4v) is 0.626. The molecule has 0 aliphatic carbocycles. The van der Waals surface area contributed by atoms with Crippen LogP contribution < -0.4 is 0 Å². The minimum atomic E-state index is -0.417. The summed E-state index contributed by atoms with van der Waals surface area (Å²) < 4.78 is 4.66. The first-order chi connectivity index (χ1) is 6.83. The number of hydrogen-bond donors (Lipinski definition) is 0. The molecule has 0 spiro atoms. The highest BCUT2D eigenvalue weighted by Crippen LogP contribution is 2.15. The van der Waals surface area contributed by atoms with Crippen LogP contribution in [0.15, 0.2) is 12.2 Å². The van der Waals surface area contributed by atoms with Crippen LogP contribution in [0.1, 0.15) is 20.8 Å². The first kappa shape index (κ1) is 14.6. The predicted molar refractivity (Wildman–Crippen MR) is 60.7 cm³/mol. The molecule has 0 amide bonds. The van der Waals surface area contributed by atoms with E-state index >= 15 is 0 Å². The summed E-state index contributed by atoms with van der Waals surface area (Å²) in [5.74, 6) is -0.417. The maximum atomic E-state index is 10.9. The summed E-state index contributed by atoms with van der Waals surface area (Å²) in [5.41, 5.74) is 0.373. The molecule has 0 bridgehead atoms. The van der Waals surface area contributed by atoms with E-state index in [1.807, 2.05) is 13.8 Å². The maximum absolute atomic E-state index is 10.9. The molecule has 15 heavy (non-hydrogen) atoms. The Balaban J connectivity index is 3.33. The van der Waals surface area contributed by atoms with Crippen LogP contribution in [0.4, 0.5) is 0 Å². The molecule has 0 aromatic heterocycles. The second kappa shape index (κ2) is 6.98. The van der Waals surface area contributed by atoms with Crippen molar-refractivity contribution in [3.8, 4) is 0 Å². The molecule has 0 aliphatic rings. The number of halogens is 1. The quantitative estimate of drug-likeness (QED) is 0.179. The molecule has 0 saturated heterocycles. The molecular formula is C10H17BrO4. The van der Waals surface area contributed by atoms with Gasteiger partial charge in [-0.2, -0.15) is 0 Å².